The summed E-state index contributed by atoms with van der Waals surface area (Å²) in [5.41, 5.74) is -3.37. The van der Waals surface area contributed by atoms with Crippen LogP contribution in [0, 0.1) is 5.41 Å². The molecule has 2 N–H and O–H groups in total. The molecule has 0 unspecified atom stereocenters. The first-order valence-corrected chi connectivity index (χ1v) is 18.8. The van der Waals surface area contributed by atoms with Crippen molar-refractivity contribution in [1.29, 1.82) is 0 Å². The molecule has 0 aromatic heterocycles. The number of rotatable bonds is 13. The van der Waals surface area contributed by atoms with Crippen molar-refractivity contribution in [1.82, 2.24) is 8.85 Å². The number of carbonyl (C=O) groups is 3. The van der Waals surface area contributed by atoms with E-state index in [1.54, 1.807) is 13.8 Å². The van der Waals surface area contributed by atoms with Crippen LogP contribution >= 0.6 is 0 Å². The summed E-state index contributed by atoms with van der Waals surface area (Å²) in [7, 11) is -19.8. The number of alkyl halides is 6. The van der Waals surface area contributed by atoms with Crippen molar-refractivity contribution in [3.05, 3.63) is 34.9 Å². The van der Waals surface area contributed by atoms with Crippen molar-refractivity contribution in [2.75, 3.05) is 6.26 Å². The van der Waals surface area contributed by atoms with E-state index in [4.69, 9.17) is 4.74 Å². The summed E-state index contributed by atoms with van der Waals surface area (Å²) in [4.78, 5) is 39.2. The predicted octanol–water partition coefficient (Wildman–Crippen LogP) is 4.09. The number of benzene rings is 1. The summed E-state index contributed by atoms with van der Waals surface area (Å²) < 4.78 is 163. The zero-order valence-corrected chi connectivity index (χ0v) is 27.6. The van der Waals surface area contributed by atoms with E-state index in [0.29, 0.717) is 55.4 Å². The zero-order chi connectivity index (χ0) is 36.1. The van der Waals surface area contributed by atoms with Gasteiger partial charge in [-0.1, -0.05) is 19.8 Å². The summed E-state index contributed by atoms with van der Waals surface area (Å²) in [5.74, 6) is -11.3. The second kappa shape index (κ2) is 12.6. The molecule has 1 amide bonds. The number of carbonyl (C=O) groups excluding carboxylic acids is 3. The van der Waals surface area contributed by atoms with Crippen LogP contribution in [-0.4, -0.2) is 71.2 Å². The fourth-order valence-corrected chi connectivity index (χ4v) is 8.94. The molecular formula is C26H32F6N2O10S3. The molecule has 2 fully saturated rings. The minimum atomic E-state index is -7.39. The van der Waals surface area contributed by atoms with E-state index < -0.39 is 86.3 Å². The van der Waals surface area contributed by atoms with Gasteiger partial charge in [-0.2, -0.15) is 34.8 Å². The number of ketones is 1. The Morgan fingerprint density at radius 3 is 1.70 bits per heavy atom. The molecule has 0 bridgehead atoms. The third-order valence-electron chi connectivity index (χ3n) is 8.05. The van der Waals surface area contributed by atoms with E-state index in [-0.39, 0.29) is 22.4 Å². The summed E-state index contributed by atoms with van der Waals surface area (Å²) in [6.45, 7) is 3.42. The quantitative estimate of drug-likeness (QED) is 0.169. The maximum absolute atomic E-state index is 14.7. The molecule has 2 aliphatic carbocycles. The van der Waals surface area contributed by atoms with Gasteiger partial charge >= 0.3 is 32.4 Å². The van der Waals surface area contributed by atoms with Crippen molar-refractivity contribution in [3.63, 3.8) is 0 Å². The van der Waals surface area contributed by atoms with Crippen LogP contribution in [0.25, 0.3) is 0 Å². The molecular weight excluding hydrogens is 710 g/mol. The molecule has 1 aromatic carbocycles. The highest BCUT2D eigenvalue weighted by Crippen LogP contribution is 2.50. The van der Waals surface area contributed by atoms with E-state index in [9.17, 15) is 66.0 Å². The normalized spacial score (nSPS) is 18.9. The number of amides is 1. The number of halogens is 6. The molecule has 3 rings (SSSR count). The van der Waals surface area contributed by atoms with Gasteiger partial charge in [0.05, 0.1) is 11.8 Å². The number of hydrogen-bond acceptors (Lipinski definition) is 10. The number of hydrogen-bond donors (Lipinski definition) is 2. The summed E-state index contributed by atoms with van der Waals surface area (Å²) >= 11 is 0. The highest BCUT2D eigenvalue weighted by molar-refractivity contribution is 8.05. The van der Waals surface area contributed by atoms with Gasteiger partial charge in [0.25, 0.3) is 15.9 Å². The molecule has 2 aliphatic rings. The average molecular weight is 743 g/mol. The molecule has 0 atom stereocenters. The fraction of sp³-hybridized carbons (Fsp3) is 0.654. The Hall–Kier alpha value is -2.78. The Morgan fingerprint density at radius 2 is 1.19 bits per heavy atom. The maximum atomic E-state index is 14.7. The van der Waals surface area contributed by atoms with Gasteiger partial charge in [-0.15, -0.1) is 4.13 Å². The van der Waals surface area contributed by atoms with E-state index in [0.717, 1.165) is 18.9 Å². The number of esters is 1. The van der Waals surface area contributed by atoms with Crippen molar-refractivity contribution >= 4 is 47.7 Å². The predicted molar refractivity (Wildman–Crippen MR) is 152 cm³/mol. The van der Waals surface area contributed by atoms with Crippen molar-refractivity contribution in [2.45, 2.75) is 93.7 Å². The van der Waals surface area contributed by atoms with Gasteiger partial charge in [0.1, 0.15) is 5.60 Å². The zero-order valence-electron chi connectivity index (χ0n) is 25.2. The van der Waals surface area contributed by atoms with E-state index in [1.807, 2.05) is 0 Å². The molecule has 0 heterocycles. The molecule has 0 aliphatic heterocycles. The Balaban J connectivity index is 2.02. The number of sulfonamides is 3. The molecule has 47 heavy (non-hydrogen) atoms. The average Bonchev–Trinajstić information content (AvgIpc) is 3.54. The van der Waals surface area contributed by atoms with Crippen LogP contribution in [0.3, 0.4) is 0 Å². The first-order chi connectivity index (χ1) is 21.1. The van der Waals surface area contributed by atoms with Gasteiger partial charge in [0, 0.05) is 17.5 Å². The van der Waals surface area contributed by atoms with Crippen LogP contribution in [0.1, 0.15) is 103 Å². The highest BCUT2D eigenvalue weighted by Gasteiger charge is 2.82. The van der Waals surface area contributed by atoms with Crippen molar-refractivity contribution in [3.8, 4) is 0 Å². The van der Waals surface area contributed by atoms with Crippen molar-refractivity contribution < 1.29 is 70.7 Å². The molecule has 0 spiro atoms. The SMILES string of the molecule is CC1(CC(=O)c2cc(C(=O)NS(=O)(=O)C(F)(F)C(F)(F)C(F)(F)S(=O)(=O)NS(C)(=O)=O)cc(C(=O)OC3(C)CCCC3)c2)CCCC1. The van der Waals surface area contributed by atoms with Gasteiger partial charge in [0.15, 0.2) is 5.78 Å². The van der Waals surface area contributed by atoms with Gasteiger partial charge < -0.3 is 4.74 Å². The summed E-state index contributed by atoms with van der Waals surface area (Å²) in [6, 6.07) is 2.28. The molecule has 266 valence electrons. The fourth-order valence-electron chi connectivity index (χ4n) is 5.44. The molecule has 12 nitrogen and oxygen atoms in total. The minimum Gasteiger partial charge on any atom is -0.456 e. The standard InChI is InChI=1S/C26H32F6N2O10S3/c1-22(8-4-5-9-22)15-19(35)16-12-17(14-18(13-16)21(37)44-23(2)10-6-7-11-23)20(36)33-46(40,41)25(29,30)24(27,28)26(31,32)47(42,43)34-45(3,38)39/h12-14,34H,4-11,15H2,1-3H3,(H,33,36). The Kier molecular flexibility index (Phi) is 10.4. The lowest BCUT2D eigenvalue weighted by molar-refractivity contribution is -0.244. The molecule has 1 aromatic rings. The van der Waals surface area contributed by atoms with Gasteiger partial charge in [-0.05, 0) is 69.1 Å². The first-order valence-electron chi connectivity index (χ1n) is 13.9. The molecule has 0 saturated heterocycles. The third-order valence-corrected chi connectivity index (χ3v) is 12.5. The molecule has 0 radical (unpaired) electrons. The third kappa shape index (κ3) is 7.93. The summed E-state index contributed by atoms with van der Waals surface area (Å²) in [5, 5.41) is -14.2. The van der Waals surface area contributed by atoms with Crippen molar-refractivity contribution in [2.24, 2.45) is 5.41 Å². The maximum Gasteiger partial charge on any atom is 0.433 e. The highest BCUT2D eigenvalue weighted by atomic mass is 32.3. The lowest BCUT2D eigenvalue weighted by Crippen LogP contribution is -2.65. The first kappa shape index (κ1) is 38.7. The second-order valence-electron chi connectivity index (χ2n) is 12.4. The Labute approximate surface area is 267 Å². The van der Waals surface area contributed by atoms with Gasteiger partial charge in [-0.3, -0.25) is 9.59 Å². The van der Waals surface area contributed by atoms with Crippen LogP contribution in [0.4, 0.5) is 26.3 Å². The van der Waals surface area contributed by atoms with Crippen LogP contribution in [0.2, 0.25) is 0 Å². The minimum absolute atomic E-state index is 0.0454. The summed E-state index contributed by atoms with van der Waals surface area (Å²) in [6.07, 6.45) is 5.01. The van der Waals surface area contributed by atoms with Gasteiger partial charge in [0.2, 0.25) is 10.0 Å². The van der Waals surface area contributed by atoms with E-state index in [2.05, 4.69) is 0 Å². The Morgan fingerprint density at radius 1 is 0.745 bits per heavy atom. The topological polar surface area (TPSA) is 187 Å². The van der Waals surface area contributed by atoms with Crippen LogP contribution < -0.4 is 8.85 Å². The van der Waals surface area contributed by atoms with E-state index in [1.165, 1.54) is 0 Å². The van der Waals surface area contributed by atoms with Crippen LogP contribution in [0.5, 0.6) is 0 Å². The van der Waals surface area contributed by atoms with Crippen LogP contribution in [-0.2, 0) is 34.8 Å². The lowest BCUT2D eigenvalue weighted by atomic mass is 9.82. The number of Topliss-reactive ketones (excluding diaryl/α,β-unsaturated/α-hetero) is 1. The number of ether oxygens (including phenoxy) is 1. The smallest absolute Gasteiger partial charge is 0.433 e. The largest absolute Gasteiger partial charge is 0.456 e. The van der Waals surface area contributed by atoms with Crippen LogP contribution in [0.15, 0.2) is 18.2 Å². The van der Waals surface area contributed by atoms with E-state index >= 15 is 0 Å². The second-order valence-corrected chi connectivity index (χ2v) is 17.8. The lowest BCUT2D eigenvalue weighted by Gasteiger charge is -2.31. The Bertz CT molecular complexity index is 1710. The molecule has 2 saturated carbocycles. The van der Waals surface area contributed by atoms with Gasteiger partial charge in [-0.25, -0.2) is 26.4 Å². The number of nitrogens with one attached hydrogen (secondary N) is 2. The molecule has 21 heteroatoms. The monoisotopic (exact) mass is 742 g/mol.